The van der Waals surface area contributed by atoms with Crippen LogP contribution < -0.4 is 15.4 Å². The molecule has 1 aliphatic heterocycles. The van der Waals surface area contributed by atoms with E-state index in [4.69, 9.17) is 10.5 Å². The first-order valence-corrected chi connectivity index (χ1v) is 7.50. The van der Waals surface area contributed by atoms with E-state index < -0.39 is 11.8 Å². The Balaban J connectivity index is 1.78. The molecule has 1 unspecified atom stereocenters. The van der Waals surface area contributed by atoms with Crippen LogP contribution in [0.15, 0.2) is 54.6 Å². The van der Waals surface area contributed by atoms with Crippen LogP contribution in [-0.2, 0) is 16.2 Å². The number of ether oxygens (including phenoxy) is 1. The molecule has 0 bridgehead atoms. The monoisotopic (exact) mass is 310 g/mol. The molecule has 1 heterocycles. The van der Waals surface area contributed by atoms with Gasteiger partial charge in [0.25, 0.3) is 0 Å². The van der Waals surface area contributed by atoms with E-state index in [1.54, 1.807) is 4.90 Å². The zero-order valence-corrected chi connectivity index (χ0v) is 12.6. The van der Waals surface area contributed by atoms with Crippen molar-refractivity contribution in [2.45, 2.75) is 13.0 Å². The van der Waals surface area contributed by atoms with E-state index in [0.717, 1.165) is 17.0 Å². The second-order valence-corrected chi connectivity index (χ2v) is 5.54. The van der Waals surface area contributed by atoms with Gasteiger partial charge in [-0.1, -0.05) is 36.4 Å². The van der Waals surface area contributed by atoms with E-state index in [-0.39, 0.29) is 12.3 Å². The van der Waals surface area contributed by atoms with Crippen LogP contribution in [0.2, 0.25) is 0 Å². The highest BCUT2D eigenvalue weighted by atomic mass is 16.5. The minimum absolute atomic E-state index is 0.0824. The number of benzene rings is 2. The lowest BCUT2D eigenvalue weighted by Crippen LogP contribution is -2.29. The molecule has 5 nitrogen and oxygen atoms in total. The summed E-state index contributed by atoms with van der Waals surface area (Å²) in [4.78, 5) is 25.2. The average molecular weight is 310 g/mol. The van der Waals surface area contributed by atoms with Gasteiger partial charge in [0, 0.05) is 18.5 Å². The normalized spacial score (nSPS) is 17.3. The van der Waals surface area contributed by atoms with Crippen molar-refractivity contribution >= 4 is 17.5 Å². The topological polar surface area (TPSA) is 72.6 Å². The number of carbonyl (C=O) groups excluding carboxylic acids is 2. The van der Waals surface area contributed by atoms with Crippen LogP contribution in [-0.4, -0.2) is 18.4 Å². The zero-order valence-electron chi connectivity index (χ0n) is 12.6. The van der Waals surface area contributed by atoms with Crippen LogP contribution in [0.5, 0.6) is 5.75 Å². The Morgan fingerprint density at radius 3 is 2.52 bits per heavy atom. The minimum atomic E-state index is -0.432. The molecule has 1 atom stereocenters. The van der Waals surface area contributed by atoms with Crippen molar-refractivity contribution < 1.29 is 14.3 Å². The van der Waals surface area contributed by atoms with Crippen LogP contribution in [0.1, 0.15) is 12.0 Å². The lowest BCUT2D eigenvalue weighted by Gasteiger charge is -2.20. The van der Waals surface area contributed by atoms with Gasteiger partial charge in [0.15, 0.2) is 0 Å². The fourth-order valence-electron chi connectivity index (χ4n) is 2.71. The molecule has 118 valence electrons. The summed E-state index contributed by atoms with van der Waals surface area (Å²) >= 11 is 0. The average Bonchev–Trinajstić information content (AvgIpc) is 2.96. The van der Waals surface area contributed by atoms with E-state index in [2.05, 4.69) is 0 Å². The molecule has 1 saturated heterocycles. The van der Waals surface area contributed by atoms with E-state index in [1.807, 2.05) is 54.6 Å². The highest BCUT2D eigenvalue weighted by Gasteiger charge is 2.34. The molecule has 5 heteroatoms. The first-order valence-electron chi connectivity index (χ1n) is 7.50. The van der Waals surface area contributed by atoms with Crippen molar-refractivity contribution in [1.29, 1.82) is 0 Å². The maximum absolute atomic E-state index is 12.2. The van der Waals surface area contributed by atoms with E-state index in [0.29, 0.717) is 13.2 Å². The zero-order chi connectivity index (χ0) is 16.2. The lowest BCUT2D eigenvalue weighted by molar-refractivity contribution is -0.123. The maximum Gasteiger partial charge on any atom is 0.227 e. The summed E-state index contributed by atoms with van der Waals surface area (Å²) in [7, 11) is 0. The molecule has 0 aliphatic carbocycles. The van der Waals surface area contributed by atoms with Crippen molar-refractivity contribution in [3.63, 3.8) is 0 Å². The van der Waals surface area contributed by atoms with Crippen molar-refractivity contribution in [2.75, 3.05) is 11.4 Å². The minimum Gasteiger partial charge on any atom is -0.489 e. The van der Waals surface area contributed by atoms with Gasteiger partial charge in [-0.3, -0.25) is 9.59 Å². The van der Waals surface area contributed by atoms with Crippen molar-refractivity contribution in [2.24, 2.45) is 11.7 Å². The Bertz CT molecular complexity index is 715. The summed E-state index contributed by atoms with van der Waals surface area (Å²) < 4.78 is 5.77. The van der Waals surface area contributed by atoms with Gasteiger partial charge < -0.3 is 15.4 Å². The fraction of sp³-hybridized carbons (Fsp3) is 0.222. The van der Waals surface area contributed by atoms with Gasteiger partial charge in [-0.15, -0.1) is 0 Å². The van der Waals surface area contributed by atoms with Gasteiger partial charge in [-0.05, 0) is 18.2 Å². The molecule has 1 fully saturated rings. The number of rotatable bonds is 5. The smallest absolute Gasteiger partial charge is 0.227 e. The van der Waals surface area contributed by atoms with E-state index in [1.165, 1.54) is 0 Å². The third kappa shape index (κ3) is 3.34. The summed E-state index contributed by atoms with van der Waals surface area (Å²) in [6.07, 6.45) is 0.170. The number of amides is 2. The molecule has 2 amide bonds. The van der Waals surface area contributed by atoms with Gasteiger partial charge in [0.1, 0.15) is 12.4 Å². The number of anilines is 1. The first kappa shape index (κ1) is 15.1. The molecular formula is C18H18N2O3. The van der Waals surface area contributed by atoms with Crippen LogP contribution in [0.3, 0.4) is 0 Å². The number of nitrogens with zero attached hydrogens (tertiary/aromatic N) is 1. The quantitative estimate of drug-likeness (QED) is 0.919. The molecule has 0 radical (unpaired) electrons. The molecule has 1 aliphatic rings. The first-order chi connectivity index (χ1) is 11.1. The SMILES string of the molecule is NC(=O)C1CC(=O)N(c2ccccc2COc2ccccc2)C1. The molecule has 2 aromatic rings. The second kappa shape index (κ2) is 6.52. The third-order valence-electron chi connectivity index (χ3n) is 3.95. The van der Waals surface area contributed by atoms with Gasteiger partial charge in [0.05, 0.1) is 11.6 Å². The van der Waals surface area contributed by atoms with E-state index >= 15 is 0 Å². The molecule has 0 spiro atoms. The standard InChI is InChI=1S/C18H18N2O3/c19-18(22)14-10-17(21)20(11-14)16-9-5-4-6-13(16)12-23-15-7-2-1-3-8-15/h1-9,14H,10-12H2,(H2,19,22). The fourth-order valence-corrected chi connectivity index (χ4v) is 2.71. The molecule has 3 rings (SSSR count). The number of carbonyl (C=O) groups is 2. The number of hydrogen-bond donors (Lipinski definition) is 1. The Hall–Kier alpha value is -2.82. The summed E-state index contributed by atoms with van der Waals surface area (Å²) in [6, 6.07) is 17.1. The second-order valence-electron chi connectivity index (χ2n) is 5.54. The predicted octanol–water partition coefficient (Wildman–Crippen LogP) is 2.10. The summed E-state index contributed by atoms with van der Waals surface area (Å²) in [5, 5.41) is 0. The van der Waals surface area contributed by atoms with Gasteiger partial charge in [-0.25, -0.2) is 0 Å². The Morgan fingerprint density at radius 1 is 1.13 bits per heavy atom. The number of para-hydroxylation sites is 2. The Morgan fingerprint density at radius 2 is 1.83 bits per heavy atom. The third-order valence-corrected chi connectivity index (χ3v) is 3.95. The highest BCUT2D eigenvalue weighted by Crippen LogP contribution is 2.28. The van der Waals surface area contributed by atoms with Crippen molar-refractivity contribution in [1.82, 2.24) is 0 Å². The predicted molar refractivity (Wildman–Crippen MR) is 86.9 cm³/mol. The molecule has 23 heavy (non-hydrogen) atoms. The van der Waals surface area contributed by atoms with Gasteiger partial charge >= 0.3 is 0 Å². The van der Waals surface area contributed by atoms with Crippen LogP contribution >= 0.6 is 0 Å². The van der Waals surface area contributed by atoms with Gasteiger partial charge in [-0.2, -0.15) is 0 Å². The van der Waals surface area contributed by atoms with Crippen LogP contribution in [0.25, 0.3) is 0 Å². The highest BCUT2D eigenvalue weighted by molar-refractivity contribution is 6.00. The van der Waals surface area contributed by atoms with Crippen molar-refractivity contribution in [3.05, 3.63) is 60.2 Å². The number of primary amides is 1. The lowest BCUT2D eigenvalue weighted by atomic mass is 10.1. The Kier molecular flexibility index (Phi) is 4.28. The molecule has 0 saturated carbocycles. The molecule has 0 aromatic heterocycles. The van der Waals surface area contributed by atoms with Crippen LogP contribution in [0, 0.1) is 5.92 Å². The van der Waals surface area contributed by atoms with Crippen LogP contribution in [0.4, 0.5) is 5.69 Å². The molecular weight excluding hydrogens is 292 g/mol. The van der Waals surface area contributed by atoms with E-state index in [9.17, 15) is 9.59 Å². The Labute approximate surface area is 134 Å². The number of nitrogens with two attached hydrogens (primary N) is 1. The largest absolute Gasteiger partial charge is 0.489 e. The summed E-state index contributed by atoms with van der Waals surface area (Å²) in [5.74, 6) is -0.171. The van der Waals surface area contributed by atoms with Crippen molar-refractivity contribution in [3.8, 4) is 5.75 Å². The summed E-state index contributed by atoms with van der Waals surface area (Å²) in [6.45, 7) is 0.682. The maximum atomic E-state index is 12.2. The molecule has 2 aromatic carbocycles. The number of hydrogen-bond acceptors (Lipinski definition) is 3. The van der Waals surface area contributed by atoms with Gasteiger partial charge in [0.2, 0.25) is 11.8 Å². The molecule has 2 N–H and O–H groups in total. The summed E-state index contributed by atoms with van der Waals surface area (Å²) in [5.41, 5.74) is 7.00.